The molecule has 0 aliphatic rings. The zero-order valence-electron chi connectivity index (χ0n) is 6.20. The third-order valence-corrected chi connectivity index (χ3v) is 1.93. The van der Waals surface area contributed by atoms with Gasteiger partial charge in [-0.3, -0.25) is 0 Å². The molecule has 0 saturated heterocycles. The van der Waals surface area contributed by atoms with Gasteiger partial charge in [0.05, 0.1) is 0 Å². The molecule has 0 bridgehead atoms. The summed E-state index contributed by atoms with van der Waals surface area (Å²) in [5.74, 6) is -0.451. The molecular formula is C8H7N2OSe. The Kier molecular flexibility index (Phi) is 2.63. The molecule has 0 aliphatic heterocycles. The predicted octanol–water partition coefficient (Wildman–Crippen LogP) is 0.279. The second kappa shape index (κ2) is 3.52. The van der Waals surface area contributed by atoms with Crippen LogP contribution in [0.4, 0.5) is 0 Å². The first kappa shape index (κ1) is 8.97. The Hall–Kier alpha value is -1.12. The van der Waals surface area contributed by atoms with Gasteiger partial charge in [0.1, 0.15) is 0 Å². The molecule has 0 atom stereocenters. The van der Waals surface area contributed by atoms with Gasteiger partial charge < -0.3 is 0 Å². The number of nitrogens with two attached hydrogens (primary N) is 1. The molecule has 0 unspecified atom stereocenters. The van der Waals surface area contributed by atoms with Crippen LogP contribution in [0.25, 0.3) is 0 Å². The van der Waals surface area contributed by atoms with Gasteiger partial charge in [-0.25, -0.2) is 0 Å². The van der Waals surface area contributed by atoms with E-state index < -0.39 is 5.91 Å². The summed E-state index contributed by atoms with van der Waals surface area (Å²) in [5.41, 5.74) is 6.25. The van der Waals surface area contributed by atoms with Crippen molar-refractivity contribution in [3.8, 4) is 0 Å². The van der Waals surface area contributed by atoms with Crippen molar-refractivity contribution in [1.82, 2.24) is 0 Å². The summed E-state index contributed by atoms with van der Waals surface area (Å²) in [6.07, 6.45) is 0. The summed E-state index contributed by atoms with van der Waals surface area (Å²) in [6, 6.07) is 6.56. The van der Waals surface area contributed by atoms with Crippen LogP contribution < -0.4 is 5.73 Å². The van der Waals surface area contributed by atoms with E-state index in [9.17, 15) is 4.79 Å². The molecule has 12 heavy (non-hydrogen) atoms. The van der Waals surface area contributed by atoms with E-state index in [0.717, 1.165) is 5.56 Å². The number of primary amides is 1. The van der Waals surface area contributed by atoms with Gasteiger partial charge >= 0.3 is 77.9 Å². The van der Waals surface area contributed by atoms with Crippen LogP contribution in [0.2, 0.25) is 0 Å². The van der Waals surface area contributed by atoms with Crippen molar-refractivity contribution in [2.24, 2.45) is 5.73 Å². The molecule has 0 saturated carbocycles. The summed E-state index contributed by atoms with van der Waals surface area (Å²) in [5, 5.41) is 7.24. The molecule has 0 heterocycles. The summed E-state index contributed by atoms with van der Waals surface area (Å²) < 4.78 is 0.353. The molecule has 0 spiro atoms. The van der Waals surface area contributed by atoms with Gasteiger partial charge in [-0.1, -0.05) is 0 Å². The van der Waals surface area contributed by atoms with Crippen LogP contribution in [0.5, 0.6) is 0 Å². The van der Waals surface area contributed by atoms with Crippen LogP contribution in [-0.2, 0) is 0 Å². The molecule has 0 aromatic heterocycles. The Morgan fingerprint density at radius 3 is 2.00 bits per heavy atom. The molecule has 0 aliphatic carbocycles. The number of carbonyl (C=O) groups excluding carboxylic acids is 1. The van der Waals surface area contributed by atoms with E-state index in [1.54, 1.807) is 24.3 Å². The molecule has 1 rings (SSSR count). The molecular weight excluding hydrogens is 219 g/mol. The molecule has 3 N–H and O–H groups in total. The fraction of sp³-hybridized carbons (Fsp3) is 0. The van der Waals surface area contributed by atoms with E-state index in [4.69, 9.17) is 11.1 Å². The molecule has 1 radical (unpaired) electrons. The first-order valence-electron chi connectivity index (χ1n) is 3.27. The second-order valence-electron chi connectivity index (χ2n) is 2.27. The minimum absolute atomic E-state index is 0.353. The van der Waals surface area contributed by atoms with Gasteiger partial charge in [-0.15, -0.1) is 0 Å². The van der Waals surface area contributed by atoms with Crippen LogP contribution in [0.15, 0.2) is 24.3 Å². The van der Waals surface area contributed by atoms with Gasteiger partial charge in [-0.05, 0) is 0 Å². The molecule has 1 aromatic rings. The standard InChI is InChI=1S/C8H7N2OSe/c9-7(11)5-1-3-6(4-2-5)8(10)12/h1-4,10H,(H2,9,11). The van der Waals surface area contributed by atoms with Crippen molar-refractivity contribution in [1.29, 1.82) is 5.41 Å². The number of hydrogen-bond donors (Lipinski definition) is 2. The topological polar surface area (TPSA) is 66.9 Å². The fourth-order valence-corrected chi connectivity index (χ4v) is 1.07. The van der Waals surface area contributed by atoms with Gasteiger partial charge in [0.2, 0.25) is 0 Å². The number of nitrogens with one attached hydrogen (secondary N) is 1. The summed E-state index contributed by atoms with van der Waals surface area (Å²) in [4.78, 5) is 10.6. The summed E-state index contributed by atoms with van der Waals surface area (Å²) >= 11 is 2.57. The zero-order valence-corrected chi connectivity index (χ0v) is 7.92. The van der Waals surface area contributed by atoms with Crippen molar-refractivity contribution in [2.75, 3.05) is 0 Å². The van der Waals surface area contributed by atoms with Gasteiger partial charge in [0.25, 0.3) is 0 Å². The SMILES string of the molecule is N=C([Se])c1ccc(C(N)=O)cc1. The predicted molar refractivity (Wildman–Crippen MR) is 47.5 cm³/mol. The van der Waals surface area contributed by atoms with Crippen molar-refractivity contribution < 1.29 is 4.79 Å². The Labute approximate surface area is 78.3 Å². The molecule has 3 nitrogen and oxygen atoms in total. The molecule has 1 amide bonds. The van der Waals surface area contributed by atoms with E-state index in [2.05, 4.69) is 16.0 Å². The van der Waals surface area contributed by atoms with Gasteiger partial charge in [-0.2, -0.15) is 0 Å². The number of carbonyl (C=O) groups is 1. The van der Waals surface area contributed by atoms with Crippen LogP contribution in [0.3, 0.4) is 0 Å². The Morgan fingerprint density at radius 1 is 1.25 bits per heavy atom. The van der Waals surface area contributed by atoms with E-state index in [1.807, 2.05) is 0 Å². The van der Waals surface area contributed by atoms with Crippen LogP contribution in [-0.4, -0.2) is 26.5 Å². The zero-order chi connectivity index (χ0) is 9.14. The molecule has 4 heteroatoms. The number of benzene rings is 1. The second-order valence-corrected chi connectivity index (χ2v) is 3.13. The minimum atomic E-state index is -0.451. The quantitative estimate of drug-likeness (QED) is 0.552. The Balaban J connectivity index is 3.01. The molecule has 0 fully saturated rings. The number of rotatable bonds is 2. The molecule has 1 aromatic carbocycles. The maximum absolute atomic E-state index is 10.6. The fourth-order valence-electron chi connectivity index (χ4n) is 0.786. The average Bonchev–Trinajstić information content (AvgIpc) is 2.04. The first-order valence-corrected chi connectivity index (χ1v) is 4.12. The average molecular weight is 226 g/mol. The Bertz CT molecular complexity index is 285. The van der Waals surface area contributed by atoms with Crippen molar-refractivity contribution in [3.05, 3.63) is 35.4 Å². The first-order chi connectivity index (χ1) is 5.61. The third-order valence-electron chi connectivity index (χ3n) is 1.43. The van der Waals surface area contributed by atoms with Crippen molar-refractivity contribution in [2.45, 2.75) is 0 Å². The summed E-state index contributed by atoms with van der Waals surface area (Å²) in [7, 11) is 0. The van der Waals surface area contributed by atoms with Crippen molar-refractivity contribution in [3.63, 3.8) is 0 Å². The number of hydrogen-bond acceptors (Lipinski definition) is 2. The van der Waals surface area contributed by atoms with E-state index in [0.29, 0.717) is 10.2 Å². The monoisotopic (exact) mass is 227 g/mol. The van der Waals surface area contributed by atoms with Crippen molar-refractivity contribution >= 4 is 26.5 Å². The molecule has 61 valence electrons. The number of amides is 1. The van der Waals surface area contributed by atoms with Gasteiger partial charge in [0, 0.05) is 0 Å². The van der Waals surface area contributed by atoms with E-state index in [-0.39, 0.29) is 0 Å². The normalized spacial score (nSPS) is 9.33. The van der Waals surface area contributed by atoms with Crippen LogP contribution >= 0.6 is 0 Å². The van der Waals surface area contributed by atoms with E-state index >= 15 is 0 Å². The van der Waals surface area contributed by atoms with Crippen LogP contribution in [0, 0.1) is 5.41 Å². The third kappa shape index (κ3) is 1.93. The summed E-state index contributed by atoms with van der Waals surface area (Å²) in [6.45, 7) is 0. The Morgan fingerprint density at radius 2 is 1.67 bits per heavy atom. The van der Waals surface area contributed by atoms with E-state index in [1.165, 1.54) is 0 Å². The van der Waals surface area contributed by atoms with Gasteiger partial charge in [0.15, 0.2) is 0 Å². The maximum atomic E-state index is 10.6. The van der Waals surface area contributed by atoms with Crippen LogP contribution in [0.1, 0.15) is 15.9 Å².